The molecule has 2 rings (SSSR count). The molecule has 0 fully saturated rings. The molecule has 0 amide bonds. The number of rotatable bonds is 5. The predicted molar refractivity (Wildman–Crippen MR) is 82.8 cm³/mol. The molecule has 0 aromatic carbocycles. The highest BCUT2D eigenvalue weighted by atomic mass is 35.5. The fourth-order valence-corrected chi connectivity index (χ4v) is 3.11. The van der Waals surface area contributed by atoms with Crippen LogP contribution < -0.4 is 0 Å². The summed E-state index contributed by atoms with van der Waals surface area (Å²) in [4.78, 5) is 8.20. The molecule has 0 saturated carbocycles. The van der Waals surface area contributed by atoms with E-state index in [2.05, 4.69) is 35.7 Å². The van der Waals surface area contributed by atoms with E-state index in [1.807, 2.05) is 6.08 Å². The zero-order valence-corrected chi connectivity index (χ0v) is 13.9. The zero-order valence-electron chi connectivity index (χ0n) is 11.4. The fourth-order valence-electron chi connectivity index (χ4n) is 1.89. The van der Waals surface area contributed by atoms with Crippen LogP contribution in [0.15, 0.2) is 6.08 Å². The van der Waals surface area contributed by atoms with Crippen LogP contribution in [0.1, 0.15) is 17.2 Å². The van der Waals surface area contributed by atoms with Crippen LogP contribution in [0.5, 0.6) is 0 Å². The third-order valence-electron chi connectivity index (χ3n) is 3.04. The van der Waals surface area contributed by atoms with Crippen molar-refractivity contribution in [2.75, 3.05) is 13.2 Å². The molecule has 104 valence electrons. The Morgan fingerprint density at radius 1 is 1.26 bits per heavy atom. The second-order valence-electron chi connectivity index (χ2n) is 5.93. The van der Waals surface area contributed by atoms with Crippen molar-refractivity contribution in [1.82, 2.24) is 9.97 Å². The minimum absolute atomic E-state index is 0.134. The van der Waals surface area contributed by atoms with E-state index < -0.39 is 8.07 Å². The Hall–Kier alpha value is -0.423. The van der Waals surface area contributed by atoms with Gasteiger partial charge in [-0.1, -0.05) is 43.4 Å². The van der Waals surface area contributed by atoms with Crippen LogP contribution in [0.25, 0.3) is 6.08 Å². The van der Waals surface area contributed by atoms with E-state index in [-0.39, 0.29) is 11.2 Å². The minimum atomic E-state index is -1.03. The summed E-state index contributed by atoms with van der Waals surface area (Å²) in [6.45, 7) is 8.45. The van der Waals surface area contributed by atoms with Crippen molar-refractivity contribution in [3.05, 3.63) is 27.8 Å². The number of halogens is 2. The van der Waals surface area contributed by atoms with E-state index in [9.17, 15) is 0 Å². The molecule has 6 heteroatoms. The van der Waals surface area contributed by atoms with Crippen molar-refractivity contribution in [3.63, 3.8) is 0 Å². The van der Waals surface area contributed by atoms with Crippen molar-refractivity contribution in [3.8, 4) is 0 Å². The first-order chi connectivity index (χ1) is 8.87. The molecule has 0 spiro atoms. The minimum Gasteiger partial charge on any atom is -0.381 e. The van der Waals surface area contributed by atoms with Gasteiger partial charge in [0, 0.05) is 26.2 Å². The first-order valence-electron chi connectivity index (χ1n) is 6.36. The van der Waals surface area contributed by atoms with Gasteiger partial charge in [0.1, 0.15) is 5.15 Å². The van der Waals surface area contributed by atoms with Crippen molar-refractivity contribution in [2.45, 2.75) is 31.6 Å². The molecule has 0 N–H and O–H groups in total. The normalized spacial score (nSPS) is 17.8. The van der Waals surface area contributed by atoms with Crippen LogP contribution in [0.4, 0.5) is 0 Å². The lowest BCUT2D eigenvalue weighted by Crippen LogP contribution is -2.22. The first-order valence-corrected chi connectivity index (χ1v) is 10.8. The SMILES string of the molecule is C[Si](C)(C)CCOCC1C=Cc2c(Cl)nc(Cl)nc21. The molecular weight excluding hydrogens is 299 g/mol. The third-order valence-corrected chi connectivity index (χ3v) is 5.20. The monoisotopic (exact) mass is 316 g/mol. The Balaban J connectivity index is 1.94. The van der Waals surface area contributed by atoms with Gasteiger partial charge in [-0.15, -0.1) is 0 Å². The standard InChI is InChI=1S/C13H18Cl2N2OSi/c1-19(2,3)7-6-18-8-9-4-5-10-11(9)16-13(15)17-12(10)14/h4-5,9H,6-8H2,1-3H3. The van der Waals surface area contributed by atoms with Gasteiger partial charge in [0.05, 0.1) is 12.3 Å². The van der Waals surface area contributed by atoms with E-state index in [0.717, 1.165) is 17.9 Å². The summed E-state index contributed by atoms with van der Waals surface area (Å²) in [5.74, 6) is 0.134. The predicted octanol–water partition coefficient (Wildman–Crippen LogP) is 4.25. The topological polar surface area (TPSA) is 35.0 Å². The van der Waals surface area contributed by atoms with E-state index >= 15 is 0 Å². The van der Waals surface area contributed by atoms with Gasteiger partial charge in [-0.3, -0.25) is 0 Å². The molecule has 1 heterocycles. The number of ether oxygens (including phenoxy) is 1. The van der Waals surface area contributed by atoms with Crippen molar-refractivity contribution < 1.29 is 4.74 Å². The Bertz CT molecular complexity index is 500. The highest BCUT2D eigenvalue weighted by Crippen LogP contribution is 2.33. The lowest BCUT2D eigenvalue weighted by Gasteiger charge is -2.17. The summed E-state index contributed by atoms with van der Waals surface area (Å²) in [7, 11) is -1.03. The quantitative estimate of drug-likeness (QED) is 0.352. The number of hydrogen-bond donors (Lipinski definition) is 0. The first kappa shape index (κ1) is 15.0. The molecule has 0 saturated heterocycles. The highest BCUT2D eigenvalue weighted by Gasteiger charge is 2.23. The van der Waals surface area contributed by atoms with Crippen LogP contribution in [-0.2, 0) is 4.74 Å². The molecule has 19 heavy (non-hydrogen) atoms. The lowest BCUT2D eigenvalue weighted by atomic mass is 10.1. The fraction of sp³-hybridized carbons (Fsp3) is 0.538. The van der Waals surface area contributed by atoms with Crippen LogP contribution >= 0.6 is 23.2 Å². The van der Waals surface area contributed by atoms with Crippen LogP contribution in [0.2, 0.25) is 36.1 Å². The number of nitrogens with zero attached hydrogens (tertiary/aromatic N) is 2. The number of aromatic nitrogens is 2. The summed E-state index contributed by atoms with van der Waals surface area (Å²) in [6.07, 6.45) is 4.00. The molecule has 1 aromatic heterocycles. The Kier molecular flexibility index (Phi) is 4.66. The second-order valence-corrected chi connectivity index (χ2v) is 12.3. The second kappa shape index (κ2) is 5.91. The van der Waals surface area contributed by atoms with Gasteiger partial charge < -0.3 is 4.74 Å². The summed E-state index contributed by atoms with van der Waals surface area (Å²) in [6, 6.07) is 1.17. The molecule has 1 unspecified atom stereocenters. The van der Waals surface area contributed by atoms with Gasteiger partial charge in [0.2, 0.25) is 5.28 Å². The summed E-state index contributed by atoms with van der Waals surface area (Å²) >= 11 is 11.9. The van der Waals surface area contributed by atoms with Gasteiger partial charge in [-0.25, -0.2) is 9.97 Å². The van der Waals surface area contributed by atoms with Crippen LogP contribution in [0, 0.1) is 0 Å². The van der Waals surface area contributed by atoms with Crippen molar-refractivity contribution >= 4 is 37.4 Å². The average Bonchev–Trinajstić information content (AvgIpc) is 2.66. The van der Waals surface area contributed by atoms with Gasteiger partial charge in [0.25, 0.3) is 0 Å². The molecule has 1 atom stereocenters. The van der Waals surface area contributed by atoms with E-state index in [1.165, 1.54) is 6.04 Å². The lowest BCUT2D eigenvalue weighted by molar-refractivity contribution is 0.140. The van der Waals surface area contributed by atoms with Crippen molar-refractivity contribution in [2.24, 2.45) is 0 Å². The maximum atomic E-state index is 6.04. The molecule has 1 aromatic rings. The third kappa shape index (κ3) is 4.02. The summed E-state index contributed by atoms with van der Waals surface area (Å²) < 4.78 is 5.77. The molecule has 1 aliphatic rings. The van der Waals surface area contributed by atoms with E-state index in [0.29, 0.717) is 11.8 Å². The molecule has 0 aliphatic heterocycles. The molecule has 0 radical (unpaired) electrons. The number of hydrogen-bond acceptors (Lipinski definition) is 3. The maximum Gasteiger partial charge on any atom is 0.224 e. The van der Waals surface area contributed by atoms with Gasteiger partial charge in [-0.2, -0.15) is 0 Å². The molecule has 3 nitrogen and oxygen atoms in total. The molecular formula is C13H18Cl2N2OSi. The number of fused-ring (bicyclic) bond motifs is 1. The molecule has 1 aliphatic carbocycles. The van der Waals surface area contributed by atoms with Gasteiger partial charge in [-0.05, 0) is 17.6 Å². The van der Waals surface area contributed by atoms with Crippen LogP contribution in [0.3, 0.4) is 0 Å². The molecule has 0 bridgehead atoms. The summed E-state index contributed by atoms with van der Waals surface area (Å²) in [5, 5.41) is 0.607. The summed E-state index contributed by atoms with van der Waals surface area (Å²) in [5.41, 5.74) is 1.74. The van der Waals surface area contributed by atoms with Crippen LogP contribution in [-0.4, -0.2) is 31.3 Å². The van der Waals surface area contributed by atoms with Crippen molar-refractivity contribution in [1.29, 1.82) is 0 Å². The maximum absolute atomic E-state index is 6.04. The van der Waals surface area contributed by atoms with Gasteiger partial charge in [0.15, 0.2) is 0 Å². The van der Waals surface area contributed by atoms with Gasteiger partial charge >= 0.3 is 0 Å². The average molecular weight is 317 g/mol. The Morgan fingerprint density at radius 2 is 2.00 bits per heavy atom. The smallest absolute Gasteiger partial charge is 0.224 e. The largest absolute Gasteiger partial charge is 0.381 e. The van der Waals surface area contributed by atoms with E-state index in [1.54, 1.807) is 0 Å². The van der Waals surface area contributed by atoms with E-state index in [4.69, 9.17) is 27.9 Å². The Morgan fingerprint density at radius 3 is 2.68 bits per heavy atom. The zero-order chi connectivity index (χ0) is 14.0. The Labute approximate surface area is 125 Å². The highest BCUT2D eigenvalue weighted by molar-refractivity contribution is 6.76.